The van der Waals surface area contributed by atoms with Gasteiger partial charge in [0, 0.05) is 6.61 Å². The predicted octanol–water partition coefficient (Wildman–Crippen LogP) is 1.48. The summed E-state index contributed by atoms with van der Waals surface area (Å²) in [4.78, 5) is 0. The first-order valence-electron chi connectivity index (χ1n) is 11.7. The van der Waals surface area contributed by atoms with E-state index in [9.17, 15) is 0 Å². The Morgan fingerprint density at radius 1 is 0.971 bits per heavy atom. The zero-order chi connectivity index (χ0) is 23.5. The van der Waals surface area contributed by atoms with Crippen LogP contribution in [0, 0.1) is 0 Å². The Bertz CT molecular complexity index is 1120. The third-order valence-electron chi connectivity index (χ3n) is 5.79. The second-order valence-electron chi connectivity index (χ2n) is 10.2. The molecule has 0 spiro atoms. The van der Waals surface area contributed by atoms with Crippen LogP contribution >= 0.6 is 0 Å². The van der Waals surface area contributed by atoms with E-state index in [2.05, 4.69) is 107 Å². The summed E-state index contributed by atoms with van der Waals surface area (Å²) in [7, 11) is -2.49. The van der Waals surface area contributed by atoms with E-state index in [1.54, 1.807) is 35.0 Å². The Balaban J connectivity index is 0.000000895. The van der Waals surface area contributed by atoms with E-state index in [1.165, 1.54) is 30.7 Å². The minimum absolute atomic E-state index is 0. The number of benzene rings is 2. The van der Waals surface area contributed by atoms with Crippen LogP contribution < -0.4 is 24.8 Å². The standard InChI is InChI=1S/C25H31OSi2.C3H6.2ClH.Zr/c1-27(2)25-23(16-17-26-28(3,4)5)20-12-8-9-13-21(20)24(25)22-15-14-18-10-6-7-11-19(18)22;1-3-2;;;/h6-15,24,27H,16-17H2,1-5H3;1-2H3;2*1H;/q-1;;;;+2/p-2. The van der Waals surface area contributed by atoms with Crippen LogP contribution in [0.4, 0.5) is 0 Å². The van der Waals surface area contributed by atoms with Crippen molar-refractivity contribution in [1.82, 2.24) is 0 Å². The average molecular weight is 608 g/mol. The van der Waals surface area contributed by atoms with Gasteiger partial charge in [-0.2, -0.15) is 6.07 Å². The van der Waals surface area contributed by atoms with Gasteiger partial charge in [0.25, 0.3) is 0 Å². The largest absolute Gasteiger partial charge is 1.00 e. The van der Waals surface area contributed by atoms with Crippen molar-refractivity contribution in [1.29, 1.82) is 0 Å². The van der Waals surface area contributed by atoms with Gasteiger partial charge in [-0.25, -0.2) is 0 Å². The molecule has 0 heterocycles. The fourth-order valence-corrected chi connectivity index (χ4v) is 7.44. The van der Waals surface area contributed by atoms with Crippen molar-refractivity contribution in [3.05, 3.63) is 82.6 Å². The van der Waals surface area contributed by atoms with Gasteiger partial charge in [0.05, 0.1) is 8.80 Å². The quantitative estimate of drug-likeness (QED) is 0.305. The van der Waals surface area contributed by atoms with Crippen LogP contribution in [0.3, 0.4) is 0 Å². The summed E-state index contributed by atoms with van der Waals surface area (Å²) in [6.45, 7) is 16.9. The molecule has 3 aromatic carbocycles. The van der Waals surface area contributed by atoms with Gasteiger partial charge in [0.15, 0.2) is 8.32 Å². The topological polar surface area (TPSA) is 9.23 Å². The molecule has 182 valence electrons. The third-order valence-corrected chi connectivity index (χ3v) is 8.79. The molecule has 3 aromatic rings. The van der Waals surface area contributed by atoms with Gasteiger partial charge in [-0.1, -0.05) is 48.6 Å². The van der Waals surface area contributed by atoms with Crippen molar-refractivity contribution in [2.24, 2.45) is 0 Å². The fraction of sp³-hybridized carbons (Fsp3) is 0.357. The number of hydrogen-bond acceptors (Lipinski definition) is 1. The van der Waals surface area contributed by atoms with Gasteiger partial charge < -0.3 is 29.2 Å². The first kappa shape index (κ1) is 31.5. The summed E-state index contributed by atoms with van der Waals surface area (Å²) in [5.41, 5.74) is 6.03. The summed E-state index contributed by atoms with van der Waals surface area (Å²) < 4.78 is 7.76. The minimum atomic E-state index is -1.49. The van der Waals surface area contributed by atoms with E-state index < -0.39 is 17.1 Å². The van der Waals surface area contributed by atoms with Gasteiger partial charge in [-0.05, 0) is 48.7 Å². The van der Waals surface area contributed by atoms with E-state index in [-0.39, 0.29) is 24.8 Å². The van der Waals surface area contributed by atoms with Crippen molar-refractivity contribution < 1.29 is 53.5 Å². The molecular weight excluding hydrogens is 571 g/mol. The van der Waals surface area contributed by atoms with Crippen LogP contribution in [0.5, 0.6) is 0 Å². The van der Waals surface area contributed by atoms with Crippen LogP contribution in [0.1, 0.15) is 42.9 Å². The molecule has 34 heavy (non-hydrogen) atoms. The predicted molar refractivity (Wildman–Crippen MR) is 144 cm³/mol. The van der Waals surface area contributed by atoms with Crippen LogP contribution in [0.15, 0.2) is 65.9 Å². The maximum atomic E-state index is 6.25. The van der Waals surface area contributed by atoms with E-state index in [1.807, 2.05) is 0 Å². The van der Waals surface area contributed by atoms with Crippen molar-refractivity contribution in [2.75, 3.05) is 6.61 Å². The molecule has 0 aliphatic heterocycles. The Kier molecular flexibility index (Phi) is 12.7. The van der Waals surface area contributed by atoms with Gasteiger partial charge in [0.1, 0.15) is 0 Å². The SMILES string of the molecule is C[C](C)=[Zr+2].C[SiH](C)C1=C(CCO[Si](C)(C)C)c2ccccc2C1[c-]1ccc2ccccc21.[Cl-].[Cl-]. The molecule has 0 saturated heterocycles. The molecule has 4 rings (SSSR count). The number of hydrogen-bond donors (Lipinski definition) is 0. The monoisotopic (exact) mass is 605 g/mol. The van der Waals surface area contributed by atoms with Gasteiger partial charge in [-0.3, -0.25) is 0 Å². The fourth-order valence-electron chi connectivity index (χ4n) is 4.70. The normalized spacial score (nSPS) is 14.8. The number of rotatable bonds is 6. The molecule has 1 aliphatic rings. The zero-order valence-electron chi connectivity index (χ0n) is 21.5. The van der Waals surface area contributed by atoms with E-state index in [0.29, 0.717) is 5.92 Å². The van der Waals surface area contributed by atoms with Crippen molar-refractivity contribution in [3.8, 4) is 0 Å². The molecule has 0 fully saturated rings. The summed E-state index contributed by atoms with van der Waals surface area (Å²) in [5.74, 6) is 0.421. The summed E-state index contributed by atoms with van der Waals surface area (Å²) in [6.07, 6.45) is 1.04. The van der Waals surface area contributed by atoms with Gasteiger partial charge in [-0.15, -0.1) is 40.6 Å². The Labute approximate surface area is 236 Å². The van der Waals surface area contributed by atoms with Crippen LogP contribution in [-0.4, -0.2) is 26.9 Å². The molecule has 0 radical (unpaired) electrons. The molecule has 1 unspecified atom stereocenters. The molecule has 0 amide bonds. The third kappa shape index (κ3) is 7.76. The summed E-state index contributed by atoms with van der Waals surface area (Å²) >= 11 is 1.55. The Morgan fingerprint density at radius 3 is 2.18 bits per heavy atom. The molecule has 0 aromatic heterocycles. The molecular formula is C28H37Cl2OSi2Zr-. The van der Waals surface area contributed by atoms with Crippen LogP contribution in [0.2, 0.25) is 32.7 Å². The van der Waals surface area contributed by atoms with E-state index in [0.717, 1.165) is 13.0 Å². The number of halogens is 2. The van der Waals surface area contributed by atoms with Crippen molar-refractivity contribution >= 4 is 36.7 Å². The minimum Gasteiger partial charge on any atom is -1.00 e. The number of allylic oxidation sites excluding steroid dienone is 1. The van der Waals surface area contributed by atoms with Crippen molar-refractivity contribution in [2.45, 2.75) is 58.9 Å². The summed E-state index contributed by atoms with van der Waals surface area (Å²) in [5, 5.41) is 4.49. The molecule has 1 nitrogen and oxygen atoms in total. The molecule has 0 bridgehead atoms. The molecule has 1 aliphatic carbocycles. The van der Waals surface area contributed by atoms with Crippen LogP contribution in [0.25, 0.3) is 16.3 Å². The smallest absolute Gasteiger partial charge is 0.183 e. The first-order chi connectivity index (χ1) is 15.1. The Morgan fingerprint density at radius 2 is 1.56 bits per heavy atom. The van der Waals surface area contributed by atoms with Gasteiger partial charge >= 0.3 is 41.3 Å². The maximum Gasteiger partial charge on any atom is 0.183 e. The Hall–Kier alpha value is -0.483. The zero-order valence-corrected chi connectivity index (χ0v) is 27.6. The van der Waals surface area contributed by atoms with Crippen LogP contribution in [-0.2, 0) is 28.7 Å². The summed E-state index contributed by atoms with van der Waals surface area (Å²) in [6, 6.07) is 22.6. The first-order valence-corrected chi connectivity index (χ1v) is 19.2. The second-order valence-corrected chi connectivity index (χ2v) is 20.1. The number of fused-ring (bicyclic) bond motifs is 2. The van der Waals surface area contributed by atoms with E-state index >= 15 is 0 Å². The maximum absolute atomic E-state index is 6.25. The van der Waals surface area contributed by atoms with Gasteiger partial charge in [0.2, 0.25) is 0 Å². The molecule has 1 atom stereocenters. The molecule has 6 heteroatoms. The average Bonchev–Trinajstić information content (AvgIpc) is 3.26. The van der Waals surface area contributed by atoms with E-state index in [4.69, 9.17) is 4.43 Å². The second kappa shape index (κ2) is 13.7. The molecule has 0 saturated carbocycles. The molecule has 0 N–H and O–H groups in total. The van der Waals surface area contributed by atoms with Crippen molar-refractivity contribution in [3.63, 3.8) is 0 Å².